The van der Waals surface area contributed by atoms with E-state index in [4.69, 9.17) is 0 Å². The van der Waals surface area contributed by atoms with Crippen LogP contribution in [0.5, 0.6) is 0 Å². The average molecular weight is 332 g/mol. The third-order valence-corrected chi connectivity index (χ3v) is 4.35. The highest BCUT2D eigenvalue weighted by atomic mass is 32.2. The Hall–Kier alpha value is -2.03. The van der Waals surface area contributed by atoms with E-state index in [1.165, 1.54) is 6.92 Å². The van der Waals surface area contributed by atoms with E-state index in [1.54, 1.807) is 0 Å². The molecule has 0 radical (unpaired) electrons. The predicted octanol–water partition coefficient (Wildman–Crippen LogP) is 0.776. The fourth-order valence-electron chi connectivity index (χ4n) is 2.22. The van der Waals surface area contributed by atoms with Crippen LogP contribution in [0.25, 0.3) is 0 Å². The highest BCUT2D eigenvalue weighted by Gasteiger charge is 2.50. The molecule has 1 aliphatic heterocycles. The molecule has 22 heavy (non-hydrogen) atoms. The standard InChI is InChI=1S/C13H14F2N2O4S/c1-13(9-7-8(14)3-4-10(9)15)11(18)17(12(19)16-13)5-6-22(2,20)21/h3-4,7H,5-6H2,1-2H3,(H,16,19)/t13-/m1/s1. The third kappa shape index (κ3) is 2.94. The molecule has 1 aromatic rings. The molecule has 1 fully saturated rings. The van der Waals surface area contributed by atoms with Gasteiger partial charge < -0.3 is 5.32 Å². The summed E-state index contributed by atoms with van der Waals surface area (Å²) >= 11 is 0. The van der Waals surface area contributed by atoms with Crippen molar-refractivity contribution in [3.63, 3.8) is 0 Å². The van der Waals surface area contributed by atoms with E-state index in [9.17, 15) is 26.8 Å². The van der Waals surface area contributed by atoms with Gasteiger partial charge in [-0.05, 0) is 25.1 Å². The van der Waals surface area contributed by atoms with Crippen molar-refractivity contribution in [2.24, 2.45) is 0 Å². The Morgan fingerprint density at radius 1 is 1.27 bits per heavy atom. The van der Waals surface area contributed by atoms with Crippen molar-refractivity contribution < 1.29 is 26.8 Å². The highest BCUT2D eigenvalue weighted by molar-refractivity contribution is 7.90. The van der Waals surface area contributed by atoms with Crippen LogP contribution in [0, 0.1) is 11.6 Å². The van der Waals surface area contributed by atoms with Crippen LogP contribution in [-0.4, -0.2) is 43.8 Å². The second kappa shape index (κ2) is 5.31. The minimum atomic E-state index is -3.38. The first-order chi connectivity index (χ1) is 10.0. The average Bonchev–Trinajstić information content (AvgIpc) is 2.61. The summed E-state index contributed by atoms with van der Waals surface area (Å²) in [5.74, 6) is -2.84. The molecule has 0 unspecified atom stereocenters. The first-order valence-corrected chi connectivity index (χ1v) is 8.38. The van der Waals surface area contributed by atoms with E-state index in [1.807, 2.05) is 0 Å². The third-order valence-electron chi connectivity index (χ3n) is 3.43. The largest absolute Gasteiger partial charge is 0.325 e. The summed E-state index contributed by atoms with van der Waals surface area (Å²) in [5, 5.41) is 2.29. The molecular formula is C13H14F2N2O4S. The van der Waals surface area contributed by atoms with Crippen molar-refractivity contribution >= 4 is 21.8 Å². The van der Waals surface area contributed by atoms with Crippen LogP contribution in [0.3, 0.4) is 0 Å². The number of carbonyl (C=O) groups is 2. The minimum Gasteiger partial charge on any atom is -0.319 e. The molecule has 0 bridgehead atoms. The maximum absolute atomic E-state index is 13.9. The van der Waals surface area contributed by atoms with Crippen LogP contribution in [-0.2, 0) is 20.2 Å². The van der Waals surface area contributed by atoms with Crippen LogP contribution < -0.4 is 5.32 Å². The number of carbonyl (C=O) groups excluding carboxylic acids is 2. The lowest BCUT2D eigenvalue weighted by Crippen LogP contribution is -2.42. The van der Waals surface area contributed by atoms with Gasteiger partial charge in [-0.1, -0.05) is 0 Å². The molecule has 1 aromatic carbocycles. The maximum Gasteiger partial charge on any atom is 0.325 e. The molecule has 0 spiro atoms. The molecule has 1 aliphatic rings. The Morgan fingerprint density at radius 3 is 2.50 bits per heavy atom. The van der Waals surface area contributed by atoms with Gasteiger partial charge in [0.2, 0.25) is 0 Å². The molecule has 6 nitrogen and oxygen atoms in total. The molecule has 3 amide bonds. The fourth-order valence-corrected chi connectivity index (χ4v) is 2.73. The van der Waals surface area contributed by atoms with Crippen molar-refractivity contribution in [2.45, 2.75) is 12.5 Å². The zero-order chi connectivity index (χ0) is 16.7. The SMILES string of the molecule is C[C@]1(c2cc(F)ccc2F)NC(=O)N(CCS(C)(=O)=O)C1=O. The van der Waals surface area contributed by atoms with Crippen LogP contribution in [0.15, 0.2) is 18.2 Å². The normalized spacial score (nSPS) is 22.1. The van der Waals surface area contributed by atoms with Gasteiger partial charge in [0.15, 0.2) is 0 Å². The first-order valence-electron chi connectivity index (χ1n) is 6.32. The number of benzene rings is 1. The number of amides is 3. The summed E-state index contributed by atoms with van der Waals surface area (Å²) < 4.78 is 49.5. The summed E-state index contributed by atoms with van der Waals surface area (Å²) in [7, 11) is -3.38. The van der Waals surface area contributed by atoms with Crippen LogP contribution in [0.4, 0.5) is 13.6 Å². The zero-order valence-electron chi connectivity index (χ0n) is 11.9. The molecule has 1 heterocycles. The highest BCUT2D eigenvalue weighted by Crippen LogP contribution is 2.31. The molecule has 9 heteroatoms. The second-order valence-corrected chi connectivity index (χ2v) is 7.53. The van der Waals surface area contributed by atoms with E-state index < -0.39 is 44.7 Å². The minimum absolute atomic E-state index is 0.312. The topological polar surface area (TPSA) is 83.6 Å². The van der Waals surface area contributed by atoms with E-state index in [2.05, 4.69) is 5.32 Å². The summed E-state index contributed by atoms with van der Waals surface area (Å²) in [6, 6.07) is 1.73. The van der Waals surface area contributed by atoms with Gasteiger partial charge in [0.05, 0.1) is 5.75 Å². The quantitative estimate of drug-likeness (QED) is 0.826. The molecule has 0 aliphatic carbocycles. The Balaban J connectivity index is 2.35. The summed E-state index contributed by atoms with van der Waals surface area (Å²) in [5.41, 5.74) is -2.09. The van der Waals surface area contributed by atoms with Gasteiger partial charge in [-0.2, -0.15) is 0 Å². The Bertz CT molecular complexity index is 750. The number of sulfone groups is 1. The lowest BCUT2D eigenvalue weighted by atomic mass is 9.91. The van der Waals surface area contributed by atoms with Gasteiger partial charge in [0.25, 0.3) is 5.91 Å². The maximum atomic E-state index is 13.9. The fraction of sp³-hybridized carbons (Fsp3) is 0.385. The number of hydrogen-bond acceptors (Lipinski definition) is 4. The van der Waals surface area contributed by atoms with E-state index >= 15 is 0 Å². The first kappa shape index (κ1) is 16.3. The summed E-state index contributed by atoms with van der Waals surface area (Å²) in [4.78, 5) is 24.9. The molecule has 1 saturated heterocycles. The Labute approximate surface area is 126 Å². The molecule has 1 atom stereocenters. The van der Waals surface area contributed by atoms with Crippen LogP contribution in [0.2, 0.25) is 0 Å². The molecule has 1 N–H and O–H groups in total. The van der Waals surface area contributed by atoms with E-state index in [0.717, 1.165) is 24.5 Å². The Kier molecular flexibility index (Phi) is 3.94. The van der Waals surface area contributed by atoms with Gasteiger partial charge in [0.1, 0.15) is 27.0 Å². The molecule has 0 saturated carbocycles. The number of nitrogens with one attached hydrogen (secondary N) is 1. The smallest absolute Gasteiger partial charge is 0.319 e. The Morgan fingerprint density at radius 2 is 1.91 bits per heavy atom. The van der Waals surface area contributed by atoms with Crippen molar-refractivity contribution in [1.29, 1.82) is 0 Å². The number of imide groups is 1. The monoisotopic (exact) mass is 332 g/mol. The van der Waals surface area contributed by atoms with Crippen molar-refractivity contribution in [3.05, 3.63) is 35.4 Å². The van der Waals surface area contributed by atoms with Crippen LogP contribution >= 0.6 is 0 Å². The molecule has 0 aromatic heterocycles. The zero-order valence-corrected chi connectivity index (χ0v) is 12.7. The summed E-state index contributed by atoms with van der Waals surface area (Å²) in [6.45, 7) is 0.890. The number of nitrogens with zero attached hydrogens (tertiary/aromatic N) is 1. The predicted molar refractivity (Wildman–Crippen MR) is 73.7 cm³/mol. The lowest BCUT2D eigenvalue weighted by molar-refractivity contribution is -0.131. The van der Waals surface area contributed by atoms with Gasteiger partial charge >= 0.3 is 6.03 Å². The number of halogens is 2. The van der Waals surface area contributed by atoms with Crippen molar-refractivity contribution in [3.8, 4) is 0 Å². The molecule has 2 rings (SSSR count). The molecule has 120 valence electrons. The van der Waals surface area contributed by atoms with E-state index in [0.29, 0.717) is 4.90 Å². The lowest BCUT2D eigenvalue weighted by Gasteiger charge is -2.22. The second-order valence-electron chi connectivity index (χ2n) is 5.27. The van der Waals surface area contributed by atoms with Gasteiger partial charge in [-0.15, -0.1) is 0 Å². The van der Waals surface area contributed by atoms with Crippen molar-refractivity contribution in [1.82, 2.24) is 10.2 Å². The van der Waals surface area contributed by atoms with Gasteiger partial charge in [0, 0.05) is 18.4 Å². The van der Waals surface area contributed by atoms with E-state index in [-0.39, 0.29) is 12.1 Å². The van der Waals surface area contributed by atoms with Crippen molar-refractivity contribution in [2.75, 3.05) is 18.6 Å². The number of rotatable bonds is 4. The molecular weight excluding hydrogens is 318 g/mol. The van der Waals surface area contributed by atoms with Gasteiger partial charge in [-0.25, -0.2) is 22.0 Å². The summed E-state index contributed by atoms with van der Waals surface area (Å²) in [6.07, 6.45) is 0.969. The number of urea groups is 1. The van der Waals surface area contributed by atoms with Crippen LogP contribution in [0.1, 0.15) is 12.5 Å². The number of hydrogen-bond donors (Lipinski definition) is 1. The van der Waals surface area contributed by atoms with Gasteiger partial charge in [-0.3, -0.25) is 9.69 Å².